The number of hydrogen-bond donors (Lipinski definition) is 0. The Morgan fingerprint density at radius 1 is 1.13 bits per heavy atom. The molecule has 90 valence electrons. The van der Waals surface area contributed by atoms with Gasteiger partial charge < -0.3 is 4.90 Å². The first-order valence-electron chi connectivity index (χ1n) is 6.93. The Bertz CT molecular complexity index is 159. The molecule has 1 aliphatic rings. The lowest BCUT2D eigenvalue weighted by Gasteiger charge is -2.25. The molecule has 0 spiro atoms. The Kier molecular flexibility index (Phi) is 5.66. The van der Waals surface area contributed by atoms with E-state index in [-0.39, 0.29) is 0 Å². The number of hydrogen-bond acceptors (Lipinski definition) is 1. The zero-order valence-corrected chi connectivity index (χ0v) is 11.1. The van der Waals surface area contributed by atoms with E-state index in [1.807, 2.05) is 0 Å². The molecule has 1 nitrogen and oxygen atoms in total. The summed E-state index contributed by atoms with van der Waals surface area (Å²) in [5.74, 6) is 2.00. The first kappa shape index (κ1) is 13.0. The molecular weight excluding hydrogens is 182 g/mol. The van der Waals surface area contributed by atoms with E-state index < -0.39 is 0 Å². The highest BCUT2D eigenvalue weighted by molar-refractivity contribution is 4.82. The van der Waals surface area contributed by atoms with E-state index in [0.29, 0.717) is 0 Å². The van der Waals surface area contributed by atoms with Crippen molar-refractivity contribution in [3.63, 3.8) is 0 Å². The van der Waals surface area contributed by atoms with E-state index in [9.17, 15) is 0 Å². The molecule has 1 atom stereocenters. The van der Waals surface area contributed by atoms with Gasteiger partial charge in [0.2, 0.25) is 0 Å². The van der Waals surface area contributed by atoms with Crippen LogP contribution in [0.1, 0.15) is 59.8 Å². The Hall–Kier alpha value is -0.0400. The third kappa shape index (κ3) is 3.79. The van der Waals surface area contributed by atoms with E-state index in [1.54, 1.807) is 0 Å². The highest BCUT2D eigenvalue weighted by Gasteiger charge is 2.29. The largest absolute Gasteiger partial charge is 0.301 e. The van der Waals surface area contributed by atoms with Crippen molar-refractivity contribution in [1.29, 1.82) is 0 Å². The van der Waals surface area contributed by atoms with Gasteiger partial charge in [-0.1, -0.05) is 39.5 Å². The summed E-state index contributed by atoms with van der Waals surface area (Å²) in [7, 11) is 0. The van der Waals surface area contributed by atoms with Crippen LogP contribution >= 0.6 is 0 Å². The Morgan fingerprint density at radius 2 is 1.73 bits per heavy atom. The van der Waals surface area contributed by atoms with Gasteiger partial charge in [0, 0.05) is 12.6 Å². The molecule has 0 N–H and O–H groups in total. The molecule has 1 heteroatoms. The van der Waals surface area contributed by atoms with E-state index in [4.69, 9.17) is 0 Å². The quantitative estimate of drug-likeness (QED) is 0.643. The highest BCUT2D eigenvalue weighted by atomic mass is 15.2. The summed E-state index contributed by atoms with van der Waals surface area (Å²) in [5.41, 5.74) is 0. The average molecular weight is 211 g/mol. The standard InChI is InChI=1S/C14H29N/c1-5-7-13(8-6-2)14-9-10-15(11-14)12(3)4/h12-14H,5-11H2,1-4H3. The van der Waals surface area contributed by atoms with Gasteiger partial charge in [0.1, 0.15) is 0 Å². The second-order valence-corrected chi connectivity index (χ2v) is 5.47. The third-order valence-corrected chi connectivity index (χ3v) is 3.97. The van der Waals surface area contributed by atoms with Gasteiger partial charge >= 0.3 is 0 Å². The van der Waals surface area contributed by atoms with Gasteiger partial charge in [-0.05, 0) is 38.6 Å². The molecule has 1 fully saturated rings. The molecule has 1 heterocycles. The van der Waals surface area contributed by atoms with Gasteiger partial charge in [-0.15, -0.1) is 0 Å². The lowest BCUT2D eigenvalue weighted by molar-refractivity contribution is 0.234. The van der Waals surface area contributed by atoms with Crippen LogP contribution in [0.25, 0.3) is 0 Å². The number of rotatable bonds is 6. The molecule has 1 rings (SSSR count). The first-order chi connectivity index (χ1) is 7.19. The minimum atomic E-state index is 0.749. The lowest BCUT2D eigenvalue weighted by atomic mass is 9.84. The van der Waals surface area contributed by atoms with Gasteiger partial charge in [-0.3, -0.25) is 0 Å². The van der Waals surface area contributed by atoms with Gasteiger partial charge in [-0.25, -0.2) is 0 Å². The van der Waals surface area contributed by atoms with Crippen molar-refractivity contribution in [3.05, 3.63) is 0 Å². The molecule has 0 radical (unpaired) electrons. The molecule has 0 amide bonds. The van der Waals surface area contributed by atoms with Crippen LogP contribution in [0.15, 0.2) is 0 Å². The van der Waals surface area contributed by atoms with E-state index >= 15 is 0 Å². The monoisotopic (exact) mass is 211 g/mol. The van der Waals surface area contributed by atoms with Crippen LogP contribution in [0.2, 0.25) is 0 Å². The summed E-state index contributed by atoms with van der Waals surface area (Å²) in [6.07, 6.45) is 7.07. The summed E-state index contributed by atoms with van der Waals surface area (Å²) >= 11 is 0. The van der Waals surface area contributed by atoms with Crippen molar-refractivity contribution in [2.75, 3.05) is 13.1 Å². The summed E-state index contributed by atoms with van der Waals surface area (Å²) in [6.45, 7) is 12.0. The van der Waals surface area contributed by atoms with Crippen molar-refractivity contribution in [1.82, 2.24) is 4.90 Å². The van der Waals surface area contributed by atoms with Crippen LogP contribution in [0.3, 0.4) is 0 Å². The van der Waals surface area contributed by atoms with Crippen molar-refractivity contribution in [3.8, 4) is 0 Å². The maximum atomic E-state index is 2.66. The van der Waals surface area contributed by atoms with Crippen molar-refractivity contribution < 1.29 is 0 Å². The fraction of sp³-hybridized carbons (Fsp3) is 1.00. The minimum Gasteiger partial charge on any atom is -0.301 e. The summed E-state index contributed by atoms with van der Waals surface area (Å²) in [5, 5.41) is 0. The third-order valence-electron chi connectivity index (χ3n) is 3.97. The Morgan fingerprint density at radius 3 is 2.13 bits per heavy atom. The molecule has 15 heavy (non-hydrogen) atoms. The van der Waals surface area contributed by atoms with E-state index in [2.05, 4.69) is 32.6 Å². The molecule has 0 aromatic heterocycles. The van der Waals surface area contributed by atoms with Crippen LogP contribution in [0.5, 0.6) is 0 Å². The van der Waals surface area contributed by atoms with E-state index in [0.717, 1.165) is 17.9 Å². The van der Waals surface area contributed by atoms with Gasteiger partial charge in [0.15, 0.2) is 0 Å². The molecule has 0 aromatic rings. The smallest absolute Gasteiger partial charge is 0.00387 e. The van der Waals surface area contributed by atoms with Crippen LogP contribution < -0.4 is 0 Å². The van der Waals surface area contributed by atoms with Gasteiger partial charge in [0.25, 0.3) is 0 Å². The predicted molar refractivity (Wildman–Crippen MR) is 68.1 cm³/mol. The zero-order chi connectivity index (χ0) is 11.3. The van der Waals surface area contributed by atoms with Crippen LogP contribution in [-0.4, -0.2) is 24.0 Å². The van der Waals surface area contributed by atoms with Gasteiger partial charge in [0.05, 0.1) is 0 Å². The first-order valence-corrected chi connectivity index (χ1v) is 6.93. The van der Waals surface area contributed by atoms with Gasteiger partial charge in [-0.2, -0.15) is 0 Å². The summed E-state index contributed by atoms with van der Waals surface area (Å²) in [6, 6.07) is 0.749. The predicted octanol–water partition coefficient (Wildman–Crippen LogP) is 3.93. The Labute approximate surface area is 96.2 Å². The fourth-order valence-electron chi connectivity index (χ4n) is 3.03. The van der Waals surface area contributed by atoms with E-state index in [1.165, 1.54) is 45.2 Å². The molecule has 0 saturated carbocycles. The summed E-state index contributed by atoms with van der Waals surface area (Å²) < 4.78 is 0. The molecule has 0 bridgehead atoms. The second-order valence-electron chi connectivity index (χ2n) is 5.47. The topological polar surface area (TPSA) is 3.24 Å². The minimum absolute atomic E-state index is 0.749. The fourth-order valence-corrected chi connectivity index (χ4v) is 3.03. The maximum absolute atomic E-state index is 2.66. The lowest BCUT2D eigenvalue weighted by Crippen LogP contribution is -2.29. The Balaban J connectivity index is 2.41. The molecule has 1 aliphatic heterocycles. The second kappa shape index (κ2) is 6.52. The molecule has 1 unspecified atom stereocenters. The van der Waals surface area contributed by atoms with Crippen molar-refractivity contribution in [2.24, 2.45) is 11.8 Å². The van der Waals surface area contributed by atoms with Crippen LogP contribution in [-0.2, 0) is 0 Å². The summed E-state index contributed by atoms with van der Waals surface area (Å²) in [4.78, 5) is 2.66. The highest BCUT2D eigenvalue weighted by Crippen LogP contribution is 2.31. The molecule has 0 aliphatic carbocycles. The number of nitrogens with zero attached hydrogens (tertiary/aromatic N) is 1. The van der Waals surface area contributed by atoms with Crippen LogP contribution in [0.4, 0.5) is 0 Å². The van der Waals surface area contributed by atoms with Crippen molar-refractivity contribution >= 4 is 0 Å². The van der Waals surface area contributed by atoms with Crippen LogP contribution in [0, 0.1) is 11.8 Å². The average Bonchev–Trinajstić information content (AvgIpc) is 2.66. The maximum Gasteiger partial charge on any atom is 0.00387 e. The molecule has 1 saturated heterocycles. The van der Waals surface area contributed by atoms with Crippen molar-refractivity contribution in [2.45, 2.75) is 65.8 Å². The normalized spacial score (nSPS) is 23.2. The number of likely N-dealkylation sites (tertiary alicyclic amines) is 1. The molecule has 0 aromatic carbocycles. The zero-order valence-electron chi connectivity index (χ0n) is 11.1. The molecular formula is C14H29N. The SMILES string of the molecule is CCCC(CCC)C1CCN(C(C)C)C1.